The Labute approximate surface area is 123 Å². The van der Waals surface area contributed by atoms with Gasteiger partial charge in [0, 0.05) is 12.6 Å². The molecular formula is C15H18N4O2. The van der Waals surface area contributed by atoms with Crippen LogP contribution in [0.5, 0.6) is 5.75 Å². The van der Waals surface area contributed by atoms with Crippen LogP contribution in [-0.4, -0.2) is 29.5 Å². The number of ether oxygens (including phenoxy) is 1. The largest absolute Gasteiger partial charge is 0.494 e. The average Bonchev–Trinajstić information content (AvgIpc) is 2.52. The minimum atomic E-state index is -0.298. The summed E-state index contributed by atoms with van der Waals surface area (Å²) in [6, 6.07) is 9.09. The van der Waals surface area contributed by atoms with Crippen LogP contribution in [0.4, 0.5) is 5.95 Å². The highest BCUT2D eigenvalue weighted by atomic mass is 16.5. The molecule has 0 fully saturated rings. The Morgan fingerprint density at radius 2 is 2.00 bits per heavy atom. The molecule has 1 aromatic heterocycles. The van der Waals surface area contributed by atoms with Gasteiger partial charge in [0.1, 0.15) is 11.4 Å². The van der Waals surface area contributed by atoms with Crippen LogP contribution < -0.4 is 15.8 Å². The smallest absolute Gasteiger partial charge is 0.269 e. The van der Waals surface area contributed by atoms with E-state index in [1.807, 2.05) is 24.3 Å². The number of rotatable bonds is 5. The van der Waals surface area contributed by atoms with E-state index in [1.54, 1.807) is 13.1 Å². The van der Waals surface area contributed by atoms with Crippen molar-refractivity contribution in [2.75, 3.05) is 19.4 Å². The van der Waals surface area contributed by atoms with Crippen molar-refractivity contribution in [1.29, 1.82) is 0 Å². The third-order valence-electron chi connectivity index (χ3n) is 2.83. The van der Waals surface area contributed by atoms with E-state index in [1.165, 1.54) is 0 Å². The average molecular weight is 286 g/mol. The number of carbonyl (C=O) groups excluding carboxylic acids is 1. The summed E-state index contributed by atoms with van der Waals surface area (Å²) in [7, 11) is 1.54. The van der Waals surface area contributed by atoms with Gasteiger partial charge in [-0.15, -0.1) is 0 Å². The van der Waals surface area contributed by atoms with E-state index in [-0.39, 0.29) is 17.5 Å². The minimum absolute atomic E-state index is 0.0670. The molecule has 3 N–H and O–H groups in total. The van der Waals surface area contributed by atoms with Gasteiger partial charge in [0.05, 0.1) is 12.3 Å². The lowest BCUT2D eigenvalue weighted by atomic mass is 10.1. The molecular weight excluding hydrogens is 268 g/mol. The summed E-state index contributed by atoms with van der Waals surface area (Å²) in [4.78, 5) is 19.7. The molecule has 6 nitrogen and oxygen atoms in total. The molecule has 0 saturated carbocycles. The Balaban J connectivity index is 2.29. The Morgan fingerprint density at radius 3 is 2.62 bits per heavy atom. The van der Waals surface area contributed by atoms with E-state index in [4.69, 9.17) is 10.5 Å². The van der Waals surface area contributed by atoms with Gasteiger partial charge in [-0.1, -0.05) is 6.92 Å². The Hall–Kier alpha value is -2.63. The fourth-order valence-electron chi connectivity index (χ4n) is 1.80. The molecule has 0 atom stereocenters. The van der Waals surface area contributed by atoms with Crippen molar-refractivity contribution < 1.29 is 9.53 Å². The van der Waals surface area contributed by atoms with Crippen LogP contribution in [0, 0.1) is 0 Å². The first-order valence-corrected chi connectivity index (χ1v) is 6.74. The molecule has 6 heteroatoms. The molecule has 0 saturated heterocycles. The Morgan fingerprint density at radius 1 is 1.29 bits per heavy atom. The van der Waals surface area contributed by atoms with Gasteiger partial charge in [-0.05, 0) is 36.8 Å². The zero-order chi connectivity index (χ0) is 15.2. The van der Waals surface area contributed by atoms with E-state index >= 15 is 0 Å². The van der Waals surface area contributed by atoms with Crippen LogP contribution in [0.3, 0.4) is 0 Å². The number of nitrogens with one attached hydrogen (secondary N) is 1. The molecule has 110 valence electrons. The van der Waals surface area contributed by atoms with E-state index in [0.29, 0.717) is 12.3 Å². The number of amides is 1. The molecule has 1 heterocycles. The zero-order valence-corrected chi connectivity index (χ0v) is 12.1. The predicted molar refractivity (Wildman–Crippen MR) is 81.1 cm³/mol. The van der Waals surface area contributed by atoms with E-state index in [0.717, 1.165) is 17.7 Å². The van der Waals surface area contributed by atoms with Crippen molar-refractivity contribution in [3.8, 4) is 17.0 Å². The van der Waals surface area contributed by atoms with Gasteiger partial charge in [0.25, 0.3) is 5.91 Å². The number of benzene rings is 1. The normalized spacial score (nSPS) is 10.2. The van der Waals surface area contributed by atoms with Crippen molar-refractivity contribution in [3.63, 3.8) is 0 Å². The van der Waals surface area contributed by atoms with E-state index in [9.17, 15) is 4.79 Å². The van der Waals surface area contributed by atoms with Crippen LogP contribution in [-0.2, 0) is 0 Å². The lowest BCUT2D eigenvalue weighted by Gasteiger charge is -2.07. The van der Waals surface area contributed by atoms with Gasteiger partial charge in [-0.2, -0.15) is 0 Å². The fraction of sp³-hybridized carbons (Fsp3) is 0.267. The van der Waals surface area contributed by atoms with Crippen LogP contribution in [0.2, 0.25) is 0 Å². The third-order valence-corrected chi connectivity index (χ3v) is 2.83. The highest BCUT2D eigenvalue weighted by Crippen LogP contribution is 2.22. The number of nitrogens with two attached hydrogens (primary N) is 1. The standard InChI is InChI=1S/C15H18N4O2/c1-3-8-21-11-6-4-10(5-7-11)12-9-13(14(20)17-2)19-15(16)18-12/h4-7,9H,3,8H2,1-2H3,(H,17,20)(H2,16,18,19). The number of nitrogen functional groups attached to an aromatic ring is 1. The molecule has 0 aliphatic rings. The maximum atomic E-state index is 11.6. The molecule has 1 aromatic carbocycles. The topological polar surface area (TPSA) is 90.1 Å². The molecule has 0 aliphatic heterocycles. The first-order valence-electron chi connectivity index (χ1n) is 6.74. The highest BCUT2D eigenvalue weighted by molar-refractivity contribution is 5.93. The molecule has 1 amide bonds. The summed E-state index contributed by atoms with van der Waals surface area (Å²) in [5.41, 5.74) is 7.35. The van der Waals surface area contributed by atoms with E-state index in [2.05, 4.69) is 22.2 Å². The molecule has 0 aliphatic carbocycles. The summed E-state index contributed by atoms with van der Waals surface area (Å²) < 4.78 is 5.53. The van der Waals surface area contributed by atoms with Gasteiger partial charge in [-0.3, -0.25) is 4.79 Å². The van der Waals surface area contributed by atoms with Gasteiger partial charge < -0.3 is 15.8 Å². The van der Waals surface area contributed by atoms with E-state index < -0.39 is 0 Å². The minimum Gasteiger partial charge on any atom is -0.494 e. The number of hydrogen-bond donors (Lipinski definition) is 2. The molecule has 0 radical (unpaired) electrons. The summed E-state index contributed by atoms with van der Waals surface area (Å²) in [5.74, 6) is 0.569. The molecule has 2 aromatic rings. The quantitative estimate of drug-likeness (QED) is 0.875. The first-order chi connectivity index (χ1) is 10.1. The number of nitrogens with zero attached hydrogens (tertiary/aromatic N) is 2. The zero-order valence-electron chi connectivity index (χ0n) is 12.1. The number of carbonyl (C=O) groups is 1. The first kappa shape index (κ1) is 14.8. The summed E-state index contributed by atoms with van der Waals surface area (Å²) in [6.45, 7) is 2.74. The summed E-state index contributed by atoms with van der Waals surface area (Å²) in [5, 5.41) is 2.51. The fourth-order valence-corrected chi connectivity index (χ4v) is 1.80. The van der Waals surface area contributed by atoms with Crippen molar-refractivity contribution in [3.05, 3.63) is 36.0 Å². The molecule has 2 rings (SSSR count). The molecule has 0 unspecified atom stereocenters. The van der Waals surface area contributed by atoms with Crippen molar-refractivity contribution in [2.45, 2.75) is 13.3 Å². The molecule has 0 bridgehead atoms. The predicted octanol–water partition coefficient (Wildman–Crippen LogP) is 1.87. The van der Waals surface area contributed by atoms with Crippen molar-refractivity contribution >= 4 is 11.9 Å². The number of aromatic nitrogens is 2. The third kappa shape index (κ3) is 3.68. The molecule has 0 spiro atoms. The summed E-state index contributed by atoms with van der Waals surface area (Å²) >= 11 is 0. The second kappa shape index (κ2) is 6.69. The SMILES string of the molecule is CCCOc1ccc(-c2cc(C(=O)NC)nc(N)n2)cc1. The second-order valence-electron chi connectivity index (χ2n) is 4.45. The van der Waals surface area contributed by atoms with Gasteiger partial charge in [0.2, 0.25) is 5.95 Å². The molecule has 21 heavy (non-hydrogen) atoms. The Bertz CT molecular complexity index is 626. The maximum absolute atomic E-state index is 11.6. The summed E-state index contributed by atoms with van der Waals surface area (Å²) in [6.07, 6.45) is 0.958. The van der Waals surface area contributed by atoms with Crippen LogP contribution in [0.25, 0.3) is 11.3 Å². The van der Waals surface area contributed by atoms with Crippen LogP contribution in [0.15, 0.2) is 30.3 Å². The lowest BCUT2D eigenvalue weighted by Crippen LogP contribution is -2.20. The monoisotopic (exact) mass is 286 g/mol. The van der Waals surface area contributed by atoms with Gasteiger partial charge >= 0.3 is 0 Å². The van der Waals surface area contributed by atoms with Crippen molar-refractivity contribution in [1.82, 2.24) is 15.3 Å². The maximum Gasteiger partial charge on any atom is 0.269 e. The van der Waals surface area contributed by atoms with Gasteiger partial charge in [-0.25, -0.2) is 9.97 Å². The highest BCUT2D eigenvalue weighted by Gasteiger charge is 2.10. The number of anilines is 1. The number of hydrogen-bond acceptors (Lipinski definition) is 5. The van der Waals surface area contributed by atoms with Crippen LogP contribution in [0.1, 0.15) is 23.8 Å². The van der Waals surface area contributed by atoms with Crippen molar-refractivity contribution in [2.24, 2.45) is 0 Å². The van der Waals surface area contributed by atoms with Gasteiger partial charge in [0.15, 0.2) is 0 Å². The second-order valence-corrected chi connectivity index (χ2v) is 4.45. The van der Waals surface area contributed by atoms with Crippen LogP contribution >= 0.6 is 0 Å². The Kier molecular flexibility index (Phi) is 4.71. The lowest BCUT2D eigenvalue weighted by molar-refractivity contribution is 0.0958.